The Morgan fingerprint density at radius 1 is 1.03 bits per heavy atom. The van der Waals surface area contributed by atoms with Crippen LogP contribution < -0.4 is 10.1 Å². The summed E-state index contributed by atoms with van der Waals surface area (Å²) >= 11 is 5.93. The molecule has 0 fully saturated rings. The Balaban J connectivity index is 1.42. The number of carbonyl (C=O) groups is 1. The fourth-order valence-electron chi connectivity index (χ4n) is 3.56. The van der Waals surface area contributed by atoms with E-state index in [0.29, 0.717) is 36.7 Å². The highest BCUT2D eigenvalue weighted by Crippen LogP contribution is 2.18. The van der Waals surface area contributed by atoms with E-state index in [1.54, 1.807) is 0 Å². The quantitative estimate of drug-likeness (QED) is 0.423. The maximum Gasteiger partial charge on any atom is 0.251 e. The fraction of sp³-hybridized carbons (Fsp3) is 0.200. The highest BCUT2D eigenvalue weighted by atomic mass is 35.5. The summed E-state index contributed by atoms with van der Waals surface area (Å²) in [5, 5.41) is 3.69. The molecule has 0 unspecified atom stereocenters. The number of halogens is 1. The molecule has 31 heavy (non-hydrogen) atoms. The lowest BCUT2D eigenvalue weighted by molar-refractivity contribution is 0.0953. The van der Waals surface area contributed by atoms with Crippen LogP contribution in [0.15, 0.2) is 72.8 Å². The van der Waals surface area contributed by atoms with Crippen LogP contribution in [0, 0.1) is 6.92 Å². The third kappa shape index (κ3) is 5.06. The van der Waals surface area contributed by atoms with Crippen LogP contribution in [0.3, 0.4) is 0 Å². The second kappa shape index (κ2) is 9.67. The SMILES string of the molecule is Cc1ccccc1C(=O)NCCc1nc2ccccc2n1CCOc1ccc(Cl)cc1. The Morgan fingerprint density at radius 3 is 2.58 bits per heavy atom. The lowest BCUT2D eigenvalue weighted by Gasteiger charge is -2.12. The van der Waals surface area contributed by atoms with Gasteiger partial charge in [0, 0.05) is 23.6 Å². The van der Waals surface area contributed by atoms with E-state index in [2.05, 4.69) is 16.0 Å². The molecule has 1 amide bonds. The monoisotopic (exact) mass is 433 g/mol. The van der Waals surface area contributed by atoms with E-state index in [9.17, 15) is 4.79 Å². The molecule has 3 aromatic carbocycles. The number of aryl methyl sites for hydroxylation is 1. The van der Waals surface area contributed by atoms with Gasteiger partial charge in [0.05, 0.1) is 17.6 Å². The minimum absolute atomic E-state index is 0.0631. The van der Waals surface area contributed by atoms with Crippen molar-refractivity contribution in [3.8, 4) is 5.75 Å². The van der Waals surface area contributed by atoms with Crippen LogP contribution in [-0.2, 0) is 13.0 Å². The van der Waals surface area contributed by atoms with Gasteiger partial charge < -0.3 is 14.6 Å². The van der Waals surface area contributed by atoms with E-state index in [0.717, 1.165) is 28.2 Å². The zero-order chi connectivity index (χ0) is 21.6. The predicted octanol–water partition coefficient (Wildman–Crippen LogP) is 5.05. The number of aromatic nitrogens is 2. The Bertz CT molecular complexity index is 1190. The number of imidazole rings is 1. The number of fused-ring (bicyclic) bond motifs is 1. The standard InChI is InChI=1S/C25H24ClN3O2/c1-18-6-2-3-7-21(18)25(30)27-15-14-24-28-22-8-4-5-9-23(22)29(24)16-17-31-20-12-10-19(26)11-13-20/h2-13H,14-17H2,1H3,(H,27,30). The smallest absolute Gasteiger partial charge is 0.251 e. The first-order valence-electron chi connectivity index (χ1n) is 10.3. The first-order valence-corrected chi connectivity index (χ1v) is 10.7. The molecule has 0 spiro atoms. The molecule has 0 bridgehead atoms. The van der Waals surface area contributed by atoms with Crippen molar-refractivity contribution in [1.82, 2.24) is 14.9 Å². The van der Waals surface area contributed by atoms with Gasteiger partial charge in [0.15, 0.2) is 0 Å². The van der Waals surface area contributed by atoms with Gasteiger partial charge in [-0.15, -0.1) is 0 Å². The number of ether oxygens (including phenoxy) is 1. The van der Waals surface area contributed by atoms with Crippen LogP contribution in [0.4, 0.5) is 0 Å². The van der Waals surface area contributed by atoms with E-state index in [1.165, 1.54) is 0 Å². The van der Waals surface area contributed by atoms with Crippen LogP contribution in [-0.4, -0.2) is 28.6 Å². The zero-order valence-corrected chi connectivity index (χ0v) is 18.1. The summed E-state index contributed by atoms with van der Waals surface area (Å²) in [6.07, 6.45) is 0.632. The molecular weight excluding hydrogens is 410 g/mol. The summed E-state index contributed by atoms with van der Waals surface area (Å²) in [5.41, 5.74) is 3.66. The Morgan fingerprint density at radius 2 is 1.77 bits per heavy atom. The van der Waals surface area contributed by atoms with Crippen molar-refractivity contribution in [2.75, 3.05) is 13.2 Å². The van der Waals surface area contributed by atoms with Crippen molar-refractivity contribution < 1.29 is 9.53 Å². The van der Waals surface area contributed by atoms with Gasteiger partial charge in [0.1, 0.15) is 18.2 Å². The molecule has 0 aliphatic carbocycles. The van der Waals surface area contributed by atoms with Gasteiger partial charge in [-0.25, -0.2) is 4.98 Å². The van der Waals surface area contributed by atoms with E-state index < -0.39 is 0 Å². The summed E-state index contributed by atoms with van der Waals surface area (Å²) in [4.78, 5) is 17.3. The summed E-state index contributed by atoms with van der Waals surface area (Å²) in [6, 6.07) is 23.0. The van der Waals surface area contributed by atoms with Gasteiger partial charge in [-0.1, -0.05) is 41.9 Å². The topological polar surface area (TPSA) is 56.2 Å². The first kappa shape index (κ1) is 20.9. The van der Waals surface area contributed by atoms with E-state index in [-0.39, 0.29) is 5.91 Å². The first-order chi connectivity index (χ1) is 15.1. The van der Waals surface area contributed by atoms with Crippen LogP contribution in [0.5, 0.6) is 5.75 Å². The number of nitrogens with one attached hydrogen (secondary N) is 1. The summed E-state index contributed by atoms with van der Waals surface area (Å²) < 4.78 is 8.03. The van der Waals surface area contributed by atoms with Gasteiger partial charge in [-0.05, 0) is 55.0 Å². The molecule has 0 atom stereocenters. The van der Waals surface area contributed by atoms with E-state index >= 15 is 0 Å². The van der Waals surface area contributed by atoms with Crippen LogP contribution in [0.1, 0.15) is 21.7 Å². The van der Waals surface area contributed by atoms with Gasteiger partial charge in [0.2, 0.25) is 0 Å². The molecule has 5 nitrogen and oxygen atoms in total. The number of benzene rings is 3. The van der Waals surface area contributed by atoms with Crippen LogP contribution in [0.2, 0.25) is 5.02 Å². The third-order valence-corrected chi connectivity index (χ3v) is 5.41. The van der Waals surface area contributed by atoms with Gasteiger partial charge in [-0.3, -0.25) is 4.79 Å². The maximum absolute atomic E-state index is 12.5. The molecule has 1 N–H and O–H groups in total. The molecule has 0 aliphatic heterocycles. The van der Waals surface area contributed by atoms with Crippen LogP contribution in [0.25, 0.3) is 11.0 Å². The fourth-order valence-corrected chi connectivity index (χ4v) is 3.69. The molecule has 1 aromatic heterocycles. The number of rotatable bonds is 8. The minimum atomic E-state index is -0.0631. The maximum atomic E-state index is 12.5. The van der Waals surface area contributed by atoms with Crippen molar-refractivity contribution in [3.63, 3.8) is 0 Å². The number of amides is 1. The average molecular weight is 434 g/mol. The van der Waals surface area contributed by atoms with Crippen molar-refractivity contribution in [1.29, 1.82) is 0 Å². The molecule has 158 valence electrons. The molecule has 0 saturated heterocycles. The van der Waals surface area contributed by atoms with Crippen LogP contribution >= 0.6 is 11.6 Å². The Labute approximate surface area is 186 Å². The number of nitrogens with zero attached hydrogens (tertiary/aromatic N) is 2. The number of carbonyl (C=O) groups excluding carboxylic acids is 1. The number of hydrogen-bond donors (Lipinski definition) is 1. The Hall–Kier alpha value is -3.31. The second-order valence-corrected chi connectivity index (χ2v) is 7.73. The lowest BCUT2D eigenvalue weighted by Crippen LogP contribution is -2.27. The molecule has 0 saturated carbocycles. The average Bonchev–Trinajstić information content (AvgIpc) is 3.13. The molecule has 0 aliphatic rings. The highest BCUT2D eigenvalue weighted by Gasteiger charge is 2.12. The number of para-hydroxylation sites is 2. The van der Waals surface area contributed by atoms with Gasteiger partial charge in [0.25, 0.3) is 5.91 Å². The second-order valence-electron chi connectivity index (χ2n) is 7.29. The summed E-state index contributed by atoms with van der Waals surface area (Å²) in [6.45, 7) is 3.61. The van der Waals surface area contributed by atoms with Gasteiger partial charge in [-0.2, -0.15) is 0 Å². The van der Waals surface area contributed by atoms with Gasteiger partial charge >= 0.3 is 0 Å². The summed E-state index contributed by atoms with van der Waals surface area (Å²) in [7, 11) is 0. The van der Waals surface area contributed by atoms with Crippen molar-refractivity contribution in [3.05, 3.63) is 94.8 Å². The van der Waals surface area contributed by atoms with Crippen molar-refractivity contribution >= 4 is 28.5 Å². The Kier molecular flexibility index (Phi) is 6.53. The molecule has 0 radical (unpaired) electrons. The zero-order valence-electron chi connectivity index (χ0n) is 17.3. The molecular formula is C25H24ClN3O2. The lowest BCUT2D eigenvalue weighted by atomic mass is 10.1. The molecule has 4 rings (SSSR count). The largest absolute Gasteiger partial charge is 0.492 e. The minimum Gasteiger partial charge on any atom is -0.492 e. The molecule has 4 aromatic rings. The highest BCUT2D eigenvalue weighted by molar-refractivity contribution is 6.30. The predicted molar refractivity (Wildman–Crippen MR) is 124 cm³/mol. The van der Waals surface area contributed by atoms with E-state index in [4.69, 9.17) is 21.3 Å². The summed E-state index contributed by atoms with van der Waals surface area (Å²) in [5.74, 6) is 1.64. The third-order valence-electron chi connectivity index (χ3n) is 5.15. The molecule has 1 heterocycles. The van der Waals surface area contributed by atoms with E-state index in [1.807, 2.05) is 73.7 Å². The van der Waals surface area contributed by atoms with Crippen molar-refractivity contribution in [2.45, 2.75) is 19.9 Å². The normalized spacial score (nSPS) is 10.9. The number of hydrogen-bond acceptors (Lipinski definition) is 3. The van der Waals surface area contributed by atoms with Crippen molar-refractivity contribution in [2.24, 2.45) is 0 Å². The molecule has 6 heteroatoms.